The molecule has 0 amide bonds. The molecule has 1 N–H and O–H groups in total. The fraction of sp³-hybridized carbons (Fsp3) is 0.412. The largest absolute Gasteiger partial charge is 0.481 e. The molecule has 1 fully saturated rings. The van der Waals surface area contributed by atoms with Crippen molar-refractivity contribution in [2.75, 3.05) is 31.9 Å². The summed E-state index contributed by atoms with van der Waals surface area (Å²) >= 11 is 0. The first-order chi connectivity index (χ1) is 11.7. The number of aliphatic hydroxyl groups excluding tert-OH is 1. The van der Waals surface area contributed by atoms with Gasteiger partial charge in [-0.2, -0.15) is 0 Å². The molecule has 3 heterocycles. The molecule has 2 aliphatic rings. The van der Waals surface area contributed by atoms with Gasteiger partial charge in [-0.25, -0.2) is 9.97 Å². The molecule has 0 spiro atoms. The van der Waals surface area contributed by atoms with Crippen LogP contribution in [0.25, 0.3) is 0 Å². The molecule has 0 bridgehead atoms. The molecule has 0 saturated carbocycles. The summed E-state index contributed by atoms with van der Waals surface area (Å²) in [6.45, 7) is 1.57. The minimum atomic E-state index is -0.486. The normalized spacial score (nSPS) is 22.5. The Morgan fingerprint density at radius 3 is 2.92 bits per heavy atom. The van der Waals surface area contributed by atoms with Gasteiger partial charge in [-0.15, -0.1) is 0 Å². The van der Waals surface area contributed by atoms with E-state index >= 15 is 0 Å². The van der Waals surface area contributed by atoms with E-state index in [-0.39, 0.29) is 12.7 Å². The summed E-state index contributed by atoms with van der Waals surface area (Å²) in [7, 11) is 1.58. The molecule has 2 aliphatic heterocycles. The minimum Gasteiger partial charge on any atom is -0.481 e. The summed E-state index contributed by atoms with van der Waals surface area (Å²) in [6, 6.07) is 7.67. The predicted octanol–water partition coefficient (Wildman–Crippen LogP) is 1.57. The highest BCUT2D eigenvalue weighted by molar-refractivity contribution is 5.47. The van der Waals surface area contributed by atoms with Crippen molar-refractivity contribution in [2.45, 2.75) is 18.4 Å². The number of piperidine rings is 1. The van der Waals surface area contributed by atoms with E-state index in [9.17, 15) is 5.11 Å². The molecule has 24 heavy (non-hydrogen) atoms. The Morgan fingerprint density at radius 2 is 2.08 bits per heavy atom. The number of β-amino-alcohol motifs (C(OH)–C–C–N with tert-alkyl or cyclic N) is 1. The first-order valence-corrected chi connectivity index (χ1v) is 7.93. The maximum Gasteiger partial charge on any atom is 0.231 e. The lowest BCUT2D eigenvalue weighted by atomic mass is 9.87. The fourth-order valence-corrected chi connectivity index (χ4v) is 3.29. The van der Waals surface area contributed by atoms with E-state index < -0.39 is 6.10 Å². The first kappa shape index (κ1) is 15.0. The van der Waals surface area contributed by atoms with Crippen LogP contribution >= 0.6 is 0 Å². The maximum absolute atomic E-state index is 10.6. The molecule has 0 aliphatic carbocycles. The van der Waals surface area contributed by atoms with Gasteiger partial charge in [0.05, 0.1) is 13.2 Å². The molecule has 1 saturated heterocycles. The summed E-state index contributed by atoms with van der Waals surface area (Å²) in [4.78, 5) is 10.4. The van der Waals surface area contributed by atoms with Crippen LogP contribution in [0.5, 0.6) is 17.4 Å². The Hall–Kier alpha value is -2.54. The van der Waals surface area contributed by atoms with Crippen molar-refractivity contribution in [1.29, 1.82) is 0 Å². The molecule has 2 atom stereocenters. The number of hydrogen-bond acceptors (Lipinski definition) is 7. The van der Waals surface area contributed by atoms with E-state index in [4.69, 9.17) is 14.2 Å². The number of fused-ring (bicyclic) bond motifs is 1. The topological polar surface area (TPSA) is 76.9 Å². The zero-order valence-corrected chi connectivity index (χ0v) is 13.4. The van der Waals surface area contributed by atoms with Gasteiger partial charge in [0.15, 0.2) is 11.5 Å². The second kappa shape index (κ2) is 6.16. The Morgan fingerprint density at radius 1 is 1.21 bits per heavy atom. The number of methoxy groups -OCH3 is 1. The quantitative estimate of drug-likeness (QED) is 0.916. The zero-order valence-electron chi connectivity index (χ0n) is 13.4. The van der Waals surface area contributed by atoms with Crippen LogP contribution < -0.4 is 19.1 Å². The first-order valence-electron chi connectivity index (χ1n) is 7.93. The van der Waals surface area contributed by atoms with Crippen molar-refractivity contribution in [3.05, 3.63) is 36.2 Å². The van der Waals surface area contributed by atoms with Crippen molar-refractivity contribution in [2.24, 2.45) is 0 Å². The van der Waals surface area contributed by atoms with Gasteiger partial charge in [0.1, 0.15) is 12.1 Å². The van der Waals surface area contributed by atoms with Crippen LogP contribution in [-0.4, -0.2) is 48.2 Å². The number of benzene rings is 1. The van der Waals surface area contributed by atoms with E-state index in [1.165, 1.54) is 6.33 Å². The van der Waals surface area contributed by atoms with Gasteiger partial charge in [0.2, 0.25) is 12.7 Å². The SMILES string of the molecule is COc1cc(N2CC[C@@H](c3ccc4c(c3)OCO4)[C@H](O)C2)ncn1. The third-order valence-corrected chi connectivity index (χ3v) is 4.57. The molecular weight excluding hydrogens is 310 g/mol. The van der Waals surface area contributed by atoms with E-state index in [0.717, 1.165) is 35.8 Å². The third kappa shape index (κ3) is 2.71. The third-order valence-electron chi connectivity index (χ3n) is 4.57. The molecule has 7 heteroatoms. The predicted molar refractivity (Wildman–Crippen MR) is 86.7 cm³/mol. The molecule has 0 radical (unpaired) electrons. The number of aliphatic hydroxyl groups is 1. The van der Waals surface area contributed by atoms with Crippen LogP contribution in [0.15, 0.2) is 30.6 Å². The van der Waals surface area contributed by atoms with E-state index in [1.807, 2.05) is 18.2 Å². The van der Waals surface area contributed by atoms with Crippen LogP contribution in [0.4, 0.5) is 5.82 Å². The van der Waals surface area contributed by atoms with E-state index in [0.29, 0.717) is 12.4 Å². The summed E-state index contributed by atoms with van der Waals surface area (Å²) in [5.74, 6) is 2.87. The summed E-state index contributed by atoms with van der Waals surface area (Å²) < 4.78 is 15.9. The van der Waals surface area contributed by atoms with Gasteiger partial charge in [0, 0.05) is 25.1 Å². The lowest BCUT2D eigenvalue weighted by Crippen LogP contribution is -2.43. The van der Waals surface area contributed by atoms with Gasteiger partial charge in [-0.3, -0.25) is 0 Å². The average molecular weight is 329 g/mol. The lowest BCUT2D eigenvalue weighted by Gasteiger charge is -2.36. The highest BCUT2D eigenvalue weighted by atomic mass is 16.7. The Kier molecular flexibility index (Phi) is 3.86. The van der Waals surface area contributed by atoms with E-state index in [1.54, 1.807) is 13.2 Å². The molecule has 7 nitrogen and oxygen atoms in total. The standard InChI is InChI=1S/C17H19N3O4/c1-22-17-7-16(18-9-19-17)20-5-4-12(13(21)8-20)11-2-3-14-15(6-11)24-10-23-14/h2-3,6-7,9,12-13,21H,4-5,8,10H2,1H3/t12-,13+/m0/s1. The van der Waals surface area contributed by atoms with Crippen LogP contribution in [0.1, 0.15) is 17.9 Å². The minimum absolute atomic E-state index is 0.0690. The van der Waals surface area contributed by atoms with Crippen LogP contribution in [0.2, 0.25) is 0 Å². The average Bonchev–Trinajstić information content (AvgIpc) is 3.09. The van der Waals surface area contributed by atoms with Gasteiger partial charge < -0.3 is 24.2 Å². The summed E-state index contributed by atoms with van der Waals surface area (Å²) in [5.41, 5.74) is 1.08. The summed E-state index contributed by atoms with van der Waals surface area (Å²) in [5, 5.41) is 10.6. The van der Waals surface area contributed by atoms with Crippen molar-refractivity contribution in [3.63, 3.8) is 0 Å². The van der Waals surface area contributed by atoms with Gasteiger partial charge in [0.25, 0.3) is 0 Å². The zero-order chi connectivity index (χ0) is 16.5. The Bertz CT molecular complexity index is 740. The highest BCUT2D eigenvalue weighted by Gasteiger charge is 2.30. The highest BCUT2D eigenvalue weighted by Crippen LogP contribution is 2.38. The van der Waals surface area contributed by atoms with Gasteiger partial charge in [-0.05, 0) is 24.1 Å². The van der Waals surface area contributed by atoms with Crippen molar-refractivity contribution in [1.82, 2.24) is 9.97 Å². The van der Waals surface area contributed by atoms with Gasteiger partial charge >= 0.3 is 0 Å². The van der Waals surface area contributed by atoms with Crippen molar-refractivity contribution < 1.29 is 19.3 Å². The fourth-order valence-electron chi connectivity index (χ4n) is 3.29. The van der Waals surface area contributed by atoms with Crippen LogP contribution in [-0.2, 0) is 0 Å². The number of aromatic nitrogens is 2. The second-order valence-corrected chi connectivity index (χ2v) is 5.94. The molecular formula is C17H19N3O4. The smallest absolute Gasteiger partial charge is 0.231 e. The monoisotopic (exact) mass is 329 g/mol. The van der Waals surface area contributed by atoms with Crippen molar-refractivity contribution >= 4 is 5.82 Å². The van der Waals surface area contributed by atoms with E-state index in [2.05, 4.69) is 14.9 Å². The maximum atomic E-state index is 10.6. The molecule has 4 rings (SSSR count). The Balaban J connectivity index is 1.50. The van der Waals surface area contributed by atoms with Crippen LogP contribution in [0, 0.1) is 0 Å². The molecule has 1 aromatic carbocycles. The number of anilines is 1. The number of rotatable bonds is 3. The molecule has 0 unspecified atom stereocenters. The second-order valence-electron chi connectivity index (χ2n) is 5.94. The molecule has 1 aromatic heterocycles. The van der Waals surface area contributed by atoms with Gasteiger partial charge in [-0.1, -0.05) is 6.07 Å². The van der Waals surface area contributed by atoms with Crippen molar-refractivity contribution in [3.8, 4) is 17.4 Å². The van der Waals surface area contributed by atoms with Crippen LogP contribution in [0.3, 0.4) is 0 Å². The number of hydrogen-bond donors (Lipinski definition) is 1. The number of ether oxygens (including phenoxy) is 3. The Labute approximate surface area is 139 Å². The lowest BCUT2D eigenvalue weighted by molar-refractivity contribution is 0.129. The molecule has 126 valence electrons. The number of nitrogens with zero attached hydrogens (tertiary/aromatic N) is 3. The summed E-state index contributed by atoms with van der Waals surface area (Å²) in [6.07, 6.45) is 1.82. The molecule has 2 aromatic rings.